The van der Waals surface area contributed by atoms with Gasteiger partial charge in [0.1, 0.15) is 5.83 Å². The zero-order valence-electron chi connectivity index (χ0n) is 9.98. The molecule has 0 spiro atoms. The van der Waals surface area contributed by atoms with Crippen molar-refractivity contribution in [3.63, 3.8) is 0 Å². The van der Waals surface area contributed by atoms with E-state index in [2.05, 4.69) is 0 Å². The molecule has 0 aromatic carbocycles. The Morgan fingerprint density at radius 1 is 1.24 bits per heavy atom. The Balaban J connectivity index is 2.40. The molecule has 2 aliphatic carbocycles. The maximum Gasteiger partial charge on any atom is 0.266 e. The molecule has 0 radical (unpaired) electrons. The second-order valence-electron chi connectivity index (χ2n) is 5.44. The fraction of sp³-hybridized carbons (Fsp3) is 0.692. The average molecular weight is 245 g/mol. The van der Waals surface area contributed by atoms with Crippen molar-refractivity contribution in [3.8, 4) is 0 Å². The molecule has 0 saturated heterocycles. The zero-order chi connectivity index (χ0) is 12.7. The van der Waals surface area contributed by atoms with Gasteiger partial charge in [0, 0.05) is 11.8 Å². The van der Waals surface area contributed by atoms with Gasteiger partial charge in [0.05, 0.1) is 5.54 Å². The van der Waals surface area contributed by atoms with Crippen LogP contribution in [0.3, 0.4) is 0 Å². The van der Waals surface area contributed by atoms with Gasteiger partial charge in [-0.3, -0.25) is 0 Å². The highest BCUT2D eigenvalue weighted by Gasteiger charge is 2.60. The summed E-state index contributed by atoms with van der Waals surface area (Å²) in [5.41, 5.74) is 3.37. The molecule has 4 heteroatoms. The molecular weight excluding hydrogens is 227 g/mol. The van der Waals surface area contributed by atoms with Crippen molar-refractivity contribution in [3.05, 3.63) is 24.1 Å². The van der Waals surface area contributed by atoms with E-state index in [1.54, 1.807) is 13.0 Å². The molecular formula is C13H18F3N. The molecule has 0 aromatic heterocycles. The van der Waals surface area contributed by atoms with E-state index < -0.39 is 22.7 Å². The van der Waals surface area contributed by atoms with Crippen LogP contribution in [0.15, 0.2) is 24.1 Å². The molecule has 1 nitrogen and oxygen atoms in total. The van der Waals surface area contributed by atoms with E-state index in [-0.39, 0.29) is 12.8 Å². The largest absolute Gasteiger partial charge is 0.319 e. The van der Waals surface area contributed by atoms with Crippen molar-refractivity contribution in [2.24, 2.45) is 11.1 Å². The Bertz CT molecular complexity index is 375. The number of alkyl halides is 2. The van der Waals surface area contributed by atoms with Gasteiger partial charge in [0.15, 0.2) is 0 Å². The summed E-state index contributed by atoms with van der Waals surface area (Å²) in [6.45, 7) is 1.63. The third-order valence-corrected chi connectivity index (χ3v) is 4.26. The zero-order valence-corrected chi connectivity index (χ0v) is 9.98. The summed E-state index contributed by atoms with van der Waals surface area (Å²) in [7, 11) is 0. The van der Waals surface area contributed by atoms with E-state index in [0.717, 1.165) is 0 Å². The number of rotatable bonds is 1. The quantitative estimate of drug-likeness (QED) is 0.748. The third kappa shape index (κ3) is 1.82. The van der Waals surface area contributed by atoms with Crippen LogP contribution in [0.25, 0.3) is 0 Å². The lowest BCUT2D eigenvalue weighted by molar-refractivity contribution is -0.138. The molecule has 17 heavy (non-hydrogen) atoms. The van der Waals surface area contributed by atoms with E-state index in [9.17, 15) is 13.2 Å². The Kier molecular flexibility index (Phi) is 2.89. The standard InChI is InChI=1S/C13H18F3N/c1-11(6-4-5-10(14)9-11)12(17)7-2-3-8-13(12,15)16/h4-5,9H,2-3,6-8,17H2,1H3/t11?,12-/m0/s1. The monoisotopic (exact) mass is 245 g/mol. The van der Waals surface area contributed by atoms with Crippen molar-refractivity contribution < 1.29 is 13.2 Å². The second-order valence-corrected chi connectivity index (χ2v) is 5.44. The van der Waals surface area contributed by atoms with Crippen LogP contribution in [0.2, 0.25) is 0 Å². The Morgan fingerprint density at radius 3 is 2.47 bits per heavy atom. The topological polar surface area (TPSA) is 26.0 Å². The maximum atomic E-state index is 14.1. The summed E-state index contributed by atoms with van der Waals surface area (Å²) in [6.07, 6.45) is 5.76. The molecule has 1 fully saturated rings. The van der Waals surface area contributed by atoms with Crippen molar-refractivity contribution in [2.75, 3.05) is 0 Å². The number of halogens is 3. The van der Waals surface area contributed by atoms with Crippen LogP contribution in [0.5, 0.6) is 0 Å². The smallest absolute Gasteiger partial charge is 0.266 e. The molecule has 0 bridgehead atoms. The van der Waals surface area contributed by atoms with Crippen LogP contribution >= 0.6 is 0 Å². The van der Waals surface area contributed by atoms with Crippen molar-refractivity contribution in [2.45, 2.75) is 50.5 Å². The number of nitrogens with two attached hydrogens (primary N) is 1. The van der Waals surface area contributed by atoms with E-state index in [1.807, 2.05) is 0 Å². The van der Waals surface area contributed by atoms with Gasteiger partial charge in [-0.1, -0.05) is 19.4 Å². The fourth-order valence-electron chi connectivity index (χ4n) is 3.00. The molecule has 0 aliphatic heterocycles. The van der Waals surface area contributed by atoms with E-state index >= 15 is 0 Å². The SMILES string of the molecule is CC1([C@@]2(N)CCCCC2(F)F)C=C(F)C=CC1. The molecule has 0 heterocycles. The third-order valence-electron chi connectivity index (χ3n) is 4.26. The molecule has 0 amide bonds. The van der Waals surface area contributed by atoms with Gasteiger partial charge in [0.25, 0.3) is 5.92 Å². The van der Waals surface area contributed by atoms with Crippen LogP contribution in [0.4, 0.5) is 13.2 Å². The summed E-state index contributed by atoms with van der Waals surface area (Å²) < 4.78 is 41.5. The minimum atomic E-state index is -2.93. The lowest BCUT2D eigenvalue weighted by Crippen LogP contribution is -2.66. The summed E-state index contributed by atoms with van der Waals surface area (Å²) in [5, 5.41) is 0. The first-order valence-corrected chi connectivity index (χ1v) is 6.02. The minimum Gasteiger partial charge on any atom is -0.319 e. The van der Waals surface area contributed by atoms with Crippen LogP contribution in [0.1, 0.15) is 39.0 Å². The van der Waals surface area contributed by atoms with Crippen LogP contribution in [-0.4, -0.2) is 11.5 Å². The normalized spacial score (nSPS) is 41.1. The van der Waals surface area contributed by atoms with Gasteiger partial charge in [-0.15, -0.1) is 0 Å². The van der Waals surface area contributed by atoms with Gasteiger partial charge in [-0.2, -0.15) is 0 Å². The summed E-state index contributed by atoms with van der Waals surface area (Å²) in [6, 6.07) is 0. The highest BCUT2D eigenvalue weighted by atomic mass is 19.3. The van der Waals surface area contributed by atoms with Crippen molar-refractivity contribution in [1.29, 1.82) is 0 Å². The molecule has 2 atom stereocenters. The predicted octanol–water partition coefficient (Wildman–Crippen LogP) is 3.71. The van der Waals surface area contributed by atoms with E-state index in [0.29, 0.717) is 19.3 Å². The number of allylic oxidation sites excluding steroid dienone is 3. The second kappa shape index (κ2) is 3.87. The molecule has 96 valence electrons. The van der Waals surface area contributed by atoms with E-state index in [4.69, 9.17) is 5.73 Å². The molecule has 1 unspecified atom stereocenters. The lowest BCUT2D eigenvalue weighted by Gasteiger charge is -2.51. The van der Waals surface area contributed by atoms with Crippen LogP contribution < -0.4 is 5.73 Å². The fourth-order valence-corrected chi connectivity index (χ4v) is 3.00. The Hall–Kier alpha value is -0.770. The van der Waals surface area contributed by atoms with Gasteiger partial charge in [-0.05, 0) is 31.4 Å². The first-order chi connectivity index (χ1) is 7.81. The highest BCUT2D eigenvalue weighted by Crippen LogP contribution is 2.53. The van der Waals surface area contributed by atoms with Crippen LogP contribution in [0, 0.1) is 5.41 Å². The van der Waals surface area contributed by atoms with E-state index in [1.165, 1.54) is 12.2 Å². The Morgan fingerprint density at radius 2 is 1.88 bits per heavy atom. The number of hydrogen-bond donors (Lipinski definition) is 1. The summed E-state index contributed by atoms with van der Waals surface area (Å²) in [4.78, 5) is 0. The lowest BCUT2D eigenvalue weighted by atomic mass is 9.60. The molecule has 2 rings (SSSR count). The Labute approximate surface area is 99.6 Å². The molecule has 2 aliphatic rings. The minimum absolute atomic E-state index is 0.196. The van der Waals surface area contributed by atoms with Gasteiger partial charge >= 0.3 is 0 Å². The maximum absolute atomic E-state index is 14.1. The summed E-state index contributed by atoms with van der Waals surface area (Å²) in [5.74, 6) is -3.40. The molecule has 2 N–H and O–H groups in total. The molecule has 0 aromatic rings. The van der Waals surface area contributed by atoms with Gasteiger partial charge in [0.2, 0.25) is 0 Å². The molecule has 1 saturated carbocycles. The van der Waals surface area contributed by atoms with Crippen molar-refractivity contribution >= 4 is 0 Å². The highest BCUT2D eigenvalue weighted by molar-refractivity contribution is 5.28. The van der Waals surface area contributed by atoms with Crippen molar-refractivity contribution in [1.82, 2.24) is 0 Å². The first-order valence-electron chi connectivity index (χ1n) is 6.02. The predicted molar refractivity (Wildman–Crippen MR) is 61.4 cm³/mol. The first kappa shape index (κ1) is 12.7. The van der Waals surface area contributed by atoms with Gasteiger partial charge < -0.3 is 5.73 Å². The van der Waals surface area contributed by atoms with Gasteiger partial charge in [-0.25, -0.2) is 13.2 Å². The average Bonchev–Trinajstić information content (AvgIpc) is 2.22. The number of hydrogen-bond acceptors (Lipinski definition) is 1. The van der Waals surface area contributed by atoms with Crippen LogP contribution in [-0.2, 0) is 0 Å². The summed E-state index contributed by atoms with van der Waals surface area (Å²) >= 11 is 0.